The highest BCUT2D eigenvalue weighted by Crippen LogP contribution is 2.37. The Morgan fingerprint density at radius 1 is 1.08 bits per heavy atom. The molecule has 1 aromatic heterocycles. The van der Waals surface area contributed by atoms with E-state index >= 15 is 0 Å². The molecule has 2 saturated heterocycles. The van der Waals surface area contributed by atoms with Crippen molar-refractivity contribution in [1.29, 1.82) is 0 Å². The number of carbonyl (C=O) groups is 1. The Balaban J connectivity index is 1.34. The fraction of sp³-hybridized carbons (Fsp3) is 0.737. The molecule has 25 heavy (non-hydrogen) atoms. The summed E-state index contributed by atoms with van der Waals surface area (Å²) in [6, 6.07) is 1.59. The van der Waals surface area contributed by atoms with Crippen LogP contribution in [0.1, 0.15) is 38.5 Å². The number of carbonyl (C=O) groups excluding carboxylic acids is 1. The molecule has 0 aromatic carbocycles. The van der Waals surface area contributed by atoms with Crippen molar-refractivity contribution in [3.8, 4) is 0 Å². The lowest BCUT2D eigenvalue weighted by Crippen LogP contribution is -2.42. The number of fused-ring (bicyclic) bond motifs is 1. The van der Waals surface area contributed by atoms with Crippen molar-refractivity contribution in [2.45, 2.75) is 38.5 Å². The van der Waals surface area contributed by atoms with E-state index in [0.717, 1.165) is 56.7 Å². The highest BCUT2D eigenvalue weighted by atomic mass is 16.2. The van der Waals surface area contributed by atoms with Crippen molar-refractivity contribution in [3.05, 3.63) is 22.7 Å². The molecule has 1 aromatic rings. The third-order valence-corrected chi connectivity index (χ3v) is 6.42. The molecule has 136 valence electrons. The molecule has 3 aliphatic rings. The summed E-state index contributed by atoms with van der Waals surface area (Å²) in [5, 5.41) is 0. The number of anilines is 1. The van der Waals surface area contributed by atoms with Gasteiger partial charge in [0, 0.05) is 45.2 Å². The molecule has 0 radical (unpaired) electrons. The van der Waals surface area contributed by atoms with Crippen LogP contribution in [0.5, 0.6) is 0 Å². The van der Waals surface area contributed by atoms with Crippen LogP contribution in [0, 0.1) is 17.8 Å². The van der Waals surface area contributed by atoms with Gasteiger partial charge in [-0.3, -0.25) is 9.59 Å². The van der Waals surface area contributed by atoms with Crippen molar-refractivity contribution in [1.82, 2.24) is 14.5 Å². The van der Waals surface area contributed by atoms with Crippen LogP contribution in [-0.4, -0.2) is 46.5 Å². The Kier molecular flexibility index (Phi) is 4.52. The van der Waals surface area contributed by atoms with E-state index in [9.17, 15) is 9.59 Å². The van der Waals surface area contributed by atoms with Gasteiger partial charge in [0.15, 0.2) is 0 Å². The molecule has 6 heteroatoms. The van der Waals surface area contributed by atoms with Gasteiger partial charge in [0.25, 0.3) is 5.56 Å². The number of hydrogen-bond donors (Lipinski definition) is 0. The summed E-state index contributed by atoms with van der Waals surface area (Å²) in [5.41, 5.74) is -0.0390. The summed E-state index contributed by atoms with van der Waals surface area (Å²) in [4.78, 5) is 33.3. The SMILES string of the molecule is Cn1cnc(N2CCC(C(=O)N3CC4CCCCC4C3)CC2)cc1=O. The predicted molar refractivity (Wildman–Crippen MR) is 96.4 cm³/mol. The van der Waals surface area contributed by atoms with Crippen LogP contribution >= 0.6 is 0 Å². The highest BCUT2D eigenvalue weighted by Gasteiger charge is 2.39. The first kappa shape index (κ1) is 16.6. The maximum absolute atomic E-state index is 12.9. The molecule has 0 N–H and O–H groups in total. The number of amides is 1. The van der Waals surface area contributed by atoms with Crippen LogP contribution in [-0.2, 0) is 11.8 Å². The minimum absolute atomic E-state index is 0.0390. The Labute approximate surface area is 148 Å². The zero-order valence-electron chi connectivity index (χ0n) is 15.1. The molecule has 1 amide bonds. The zero-order valence-corrected chi connectivity index (χ0v) is 15.1. The van der Waals surface area contributed by atoms with Gasteiger partial charge in [-0.05, 0) is 37.5 Å². The summed E-state index contributed by atoms with van der Waals surface area (Å²) >= 11 is 0. The molecule has 3 heterocycles. The van der Waals surface area contributed by atoms with Gasteiger partial charge in [0.05, 0.1) is 6.33 Å². The van der Waals surface area contributed by atoms with Crippen LogP contribution < -0.4 is 10.5 Å². The van der Waals surface area contributed by atoms with Crippen LogP contribution in [0.2, 0.25) is 0 Å². The van der Waals surface area contributed by atoms with Crippen LogP contribution in [0.4, 0.5) is 5.82 Å². The van der Waals surface area contributed by atoms with Gasteiger partial charge in [-0.2, -0.15) is 0 Å². The van der Waals surface area contributed by atoms with E-state index in [0.29, 0.717) is 5.91 Å². The van der Waals surface area contributed by atoms with Gasteiger partial charge in [-0.1, -0.05) is 12.8 Å². The Morgan fingerprint density at radius 3 is 2.32 bits per heavy atom. The molecule has 2 atom stereocenters. The second kappa shape index (κ2) is 6.81. The zero-order chi connectivity index (χ0) is 17.4. The molecular weight excluding hydrogens is 316 g/mol. The second-order valence-corrected chi connectivity index (χ2v) is 8.01. The Bertz CT molecular complexity index is 679. The molecular formula is C19H28N4O2. The maximum Gasteiger partial charge on any atom is 0.255 e. The average molecular weight is 344 g/mol. The summed E-state index contributed by atoms with van der Waals surface area (Å²) < 4.78 is 1.48. The lowest BCUT2D eigenvalue weighted by molar-refractivity contribution is -0.135. The number of nitrogens with zero attached hydrogens (tertiary/aromatic N) is 4. The molecule has 4 rings (SSSR count). The average Bonchev–Trinajstić information content (AvgIpc) is 3.08. The number of aromatic nitrogens is 2. The fourth-order valence-electron chi connectivity index (χ4n) is 4.82. The summed E-state index contributed by atoms with van der Waals surface area (Å²) in [6.07, 6.45) is 8.59. The minimum atomic E-state index is -0.0390. The van der Waals surface area contributed by atoms with Crippen molar-refractivity contribution in [2.24, 2.45) is 24.8 Å². The van der Waals surface area contributed by atoms with E-state index in [1.165, 1.54) is 30.3 Å². The normalized spacial score (nSPS) is 27.4. The van der Waals surface area contributed by atoms with Gasteiger partial charge in [0.2, 0.25) is 5.91 Å². The van der Waals surface area contributed by atoms with Gasteiger partial charge >= 0.3 is 0 Å². The van der Waals surface area contributed by atoms with Crippen molar-refractivity contribution < 1.29 is 4.79 Å². The van der Waals surface area contributed by atoms with Gasteiger partial charge < -0.3 is 14.4 Å². The van der Waals surface area contributed by atoms with Crippen molar-refractivity contribution in [2.75, 3.05) is 31.1 Å². The molecule has 1 aliphatic carbocycles. The van der Waals surface area contributed by atoms with E-state index in [4.69, 9.17) is 0 Å². The third kappa shape index (κ3) is 3.31. The number of likely N-dealkylation sites (tertiary alicyclic amines) is 1. The number of aryl methyl sites for hydroxylation is 1. The van der Waals surface area contributed by atoms with Crippen LogP contribution in [0.25, 0.3) is 0 Å². The van der Waals surface area contributed by atoms with Crippen LogP contribution in [0.15, 0.2) is 17.2 Å². The van der Waals surface area contributed by atoms with E-state index < -0.39 is 0 Å². The third-order valence-electron chi connectivity index (χ3n) is 6.42. The summed E-state index contributed by atoms with van der Waals surface area (Å²) in [7, 11) is 1.71. The standard InChI is InChI=1S/C19H28N4O2/c1-21-13-20-17(10-18(21)24)22-8-6-14(7-9-22)19(25)23-11-15-4-2-3-5-16(15)12-23/h10,13-16H,2-9,11-12H2,1H3. The molecule has 2 aliphatic heterocycles. The Morgan fingerprint density at radius 2 is 1.72 bits per heavy atom. The topological polar surface area (TPSA) is 58.4 Å². The molecule has 0 bridgehead atoms. The first-order chi connectivity index (χ1) is 12.1. The minimum Gasteiger partial charge on any atom is -0.356 e. The number of piperidine rings is 1. The van der Waals surface area contributed by atoms with Crippen molar-refractivity contribution >= 4 is 11.7 Å². The second-order valence-electron chi connectivity index (χ2n) is 8.01. The number of rotatable bonds is 2. The molecule has 6 nitrogen and oxygen atoms in total. The molecule has 0 spiro atoms. The fourth-order valence-corrected chi connectivity index (χ4v) is 4.82. The van der Waals surface area contributed by atoms with Gasteiger partial charge in [-0.25, -0.2) is 4.98 Å². The first-order valence-electron chi connectivity index (χ1n) is 9.68. The lowest BCUT2D eigenvalue weighted by atomic mass is 9.82. The highest BCUT2D eigenvalue weighted by molar-refractivity contribution is 5.79. The molecule has 3 fully saturated rings. The summed E-state index contributed by atoms with van der Waals surface area (Å²) in [6.45, 7) is 3.58. The molecule has 2 unspecified atom stereocenters. The van der Waals surface area contributed by atoms with E-state index in [1.807, 2.05) is 0 Å². The maximum atomic E-state index is 12.9. The van der Waals surface area contributed by atoms with E-state index in [-0.39, 0.29) is 11.5 Å². The smallest absolute Gasteiger partial charge is 0.255 e. The first-order valence-corrected chi connectivity index (χ1v) is 9.68. The van der Waals surface area contributed by atoms with E-state index in [2.05, 4.69) is 14.8 Å². The lowest BCUT2D eigenvalue weighted by Gasteiger charge is -2.33. The number of hydrogen-bond acceptors (Lipinski definition) is 4. The van der Waals surface area contributed by atoms with Crippen LogP contribution in [0.3, 0.4) is 0 Å². The molecule has 1 saturated carbocycles. The van der Waals surface area contributed by atoms with Crippen molar-refractivity contribution in [3.63, 3.8) is 0 Å². The monoisotopic (exact) mass is 344 g/mol. The summed E-state index contributed by atoms with van der Waals surface area (Å²) in [5.74, 6) is 2.75. The predicted octanol–water partition coefficient (Wildman–Crippen LogP) is 1.65. The Hall–Kier alpha value is -1.85. The largest absolute Gasteiger partial charge is 0.356 e. The quantitative estimate of drug-likeness (QED) is 0.818. The van der Waals surface area contributed by atoms with Gasteiger partial charge in [-0.15, -0.1) is 0 Å². The van der Waals surface area contributed by atoms with Gasteiger partial charge in [0.1, 0.15) is 5.82 Å². The van der Waals surface area contributed by atoms with E-state index in [1.54, 1.807) is 19.4 Å².